The summed E-state index contributed by atoms with van der Waals surface area (Å²) in [5.74, 6) is 1.19. The molecule has 15 aromatic rings. The van der Waals surface area contributed by atoms with Crippen molar-refractivity contribution in [3.63, 3.8) is 0 Å². The monoisotopic (exact) mass is 1460 g/mol. The molecule has 0 aliphatic carbocycles. The van der Waals surface area contributed by atoms with E-state index in [1.165, 1.54) is 420 Å². The van der Waals surface area contributed by atoms with Gasteiger partial charge in [0.1, 0.15) is 0 Å². The van der Waals surface area contributed by atoms with E-state index in [-0.39, 0.29) is 10.8 Å². The van der Waals surface area contributed by atoms with Crippen LogP contribution in [0.15, 0.2) is 133 Å². The van der Waals surface area contributed by atoms with Gasteiger partial charge < -0.3 is 9.13 Å². The van der Waals surface area contributed by atoms with E-state index < -0.39 is 0 Å². The first kappa shape index (κ1) is 78.1. The van der Waals surface area contributed by atoms with Crippen LogP contribution >= 0.6 is 0 Å². The molecule has 2 unspecified atom stereocenters. The Labute approximate surface area is 663 Å². The first-order chi connectivity index (χ1) is 53.8. The second-order valence-corrected chi connectivity index (χ2v) is 37.6. The van der Waals surface area contributed by atoms with E-state index >= 15 is 0 Å². The average molecular weight is 1460 g/mol. The normalized spacial score (nSPS) is 13.5. The molecular weight excluding hydrogens is 1330 g/mol. The third kappa shape index (κ3) is 16.0. The summed E-state index contributed by atoms with van der Waals surface area (Å²) < 4.78 is 5.93. The molecule has 2 nitrogen and oxygen atoms in total. The molecule has 0 radical (unpaired) electrons. The molecule has 2 atom stereocenters. The third-order valence-corrected chi connectivity index (χ3v) is 27.5. The van der Waals surface area contributed by atoms with Crippen molar-refractivity contribution in [2.45, 2.75) is 350 Å². The number of hydrogen-bond donors (Lipinski definition) is 0. The second kappa shape index (κ2) is 35.5. The molecule has 0 saturated heterocycles. The zero-order valence-corrected chi connectivity index (χ0v) is 70.4. The van der Waals surface area contributed by atoms with E-state index in [9.17, 15) is 0 Å². The van der Waals surface area contributed by atoms with Gasteiger partial charge in [0.15, 0.2) is 0 Å². The summed E-state index contributed by atoms with van der Waals surface area (Å²) in [5, 5.41) is 29.0. The molecule has 13 aromatic carbocycles. The van der Waals surface area contributed by atoms with Crippen LogP contribution in [0.1, 0.15) is 337 Å². The van der Waals surface area contributed by atoms with Crippen molar-refractivity contribution in [3.05, 3.63) is 145 Å². The molecule has 15 rings (SSSR count). The van der Waals surface area contributed by atoms with Gasteiger partial charge in [0, 0.05) is 56.2 Å². The average Bonchev–Trinajstić information content (AvgIpc) is 1.40. The van der Waals surface area contributed by atoms with Crippen LogP contribution in [-0.4, -0.2) is 9.13 Å². The largest absolute Gasteiger partial charge is 0.340 e. The van der Waals surface area contributed by atoms with Gasteiger partial charge in [-0.25, -0.2) is 0 Å². The Morgan fingerprint density at radius 3 is 0.755 bits per heavy atom. The van der Waals surface area contributed by atoms with E-state index in [4.69, 9.17) is 0 Å². The molecule has 2 aromatic heterocycles. The second-order valence-electron chi connectivity index (χ2n) is 37.6. The molecule has 0 bridgehead atoms. The van der Waals surface area contributed by atoms with Gasteiger partial charge >= 0.3 is 0 Å². The zero-order chi connectivity index (χ0) is 75.9. The molecule has 2 heterocycles. The number of benzene rings is 13. The number of unbranched alkanes of at least 4 members (excludes halogenated alkanes) is 32. The highest BCUT2D eigenvalue weighted by Crippen LogP contribution is 2.57. The lowest BCUT2D eigenvalue weighted by atomic mass is 9.81. The highest BCUT2D eigenvalue weighted by atomic mass is 15.0. The maximum Gasteiger partial charge on any atom is 0.0504 e. The van der Waals surface area contributed by atoms with Crippen molar-refractivity contribution >= 4 is 130 Å². The maximum absolute atomic E-state index is 2.96. The van der Waals surface area contributed by atoms with Crippen LogP contribution in [0, 0.1) is 11.8 Å². The smallest absolute Gasteiger partial charge is 0.0504 e. The molecule has 0 spiro atoms. The lowest BCUT2D eigenvalue weighted by Crippen LogP contribution is -2.12. The molecule has 0 saturated carbocycles. The van der Waals surface area contributed by atoms with Crippen molar-refractivity contribution in [3.8, 4) is 22.3 Å². The minimum atomic E-state index is 0.0741. The number of aromatic nitrogens is 2. The van der Waals surface area contributed by atoms with Crippen LogP contribution in [0.2, 0.25) is 0 Å². The highest BCUT2D eigenvalue weighted by Gasteiger charge is 2.32. The van der Waals surface area contributed by atoms with Crippen LogP contribution in [-0.2, 0) is 23.9 Å². The van der Waals surface area contributed by atoms with E-state index in [0.29, 0.717) is 11.8 Å². The van der Waals surface area contributed by atoms with Crippen molar-refractivity contribution < 1.29 is 0 Å². The fraction of sp³-hybridized carbons (Fsp3) is 0.519. The molecule has 580 valence electrons. The molecule has 0 aliphatic heterocycles. The SMILES string of the molecule is CCCCCCCCCCCCC(CCCCCCCCCC)Cn1c2cc(-c3ccc(C(C)(C)C)cc3)c3cccc4c5ccc6c7ccc8c9cccc%10c(-c%11ccc(C(C)(C)C)cc%11)cc%11c(c%109)c9c8c7c(cc9n%11CC(CCCCCCCCCC)CCCCCCCCCCCC)c7cc1c(c5c67)c2c34. The van der Waals surface area contributed by atoms with E-state index in [1.54, 1.807) is 0 Å². The van der Waals surface area contributed by atoms with Crippen LogP contribution in [0.25, 0.3) is 152 Å². The van der Waals surface area contributed by atoms with E-state index in [0.717, 1.165) is 13.1 Å². The minimum absolute atomic E-state index is 0.0741. The third-order valence-electron chi connectivity index (χ3n) is 27.5. The summed E-state index contributed by atoms with van der Waals surface area (Å²) in [6, 6.07) is 55.6. The minimum Gasteiger partial charge on any atom is -0.340 e. The lowest BCUT2D eigenvalue weighted by molar-refractivity contribution is 0.364. The van der Waals surface area contributed by atoms with Gasteiger partial charge in [-0.2, -0.15) is 0 Å². The predicted molar refractivity (Wildman–Crippen MR) is 491 cm³/mol. The number of nitrogens with zero attached hydrogens (tertiary/aromatic N) is 2. The van der Waals surface area contributed by atoms with Gasteiger partial charge in [0.25, 0.3) is 0 Å². The molecule has 0 fully saturated rings. The van der Waals surface area contributed by atoms with Crippen molar-refractivity contribution in [1.82, 2.24) is 9.13 Å². The lowest BCUT2D eigenvalue weighted by Gasteiger charge is -2.22. The Morgan fingerprint density at radius 1 is 0.227 bits per heavy atom. The quantitative estimate of drug-likeness (QED) is 0.0204. The van der Waals surface area contributed by atoms with E-state index in [2.05, 4.69) is 212 Å². The Hall–Kier alpha value is -7.16. The van der Waals surface area contributed by atoms with Crippen LogP contribution in [0.3, 0.4) is 0 Å². The summed E-state index contributed by atoms with van der Waals surface area (Å²) in [5.41, 5.74) is 14.1. The maximum atomic E-state index is 2.96. The van der Waals surface area contributed by atoms with E-state index in [1.807, 2.05) is 0 Å². The van der Waals surface area contributed by atoms with Crippen molar-refractivity contribution in [2.24, 2.45) is 11.8 Å². The molecule has 0 aliphatic rings. The highest BCUT2D eigenvalue weighted by molar-refractivity contribution is 6.51. The number of fused-ring (bicyclic) bond motifs is 4. The zero-order valence-electron chi connectivity index (χ0n) is 70.4. The Kier molecular flexibility index (Phi) is 25.2. The fourth-order valence-corrected chi connectivity index (χ4v) is 21.2. The van der Waals surface area contributed by atoms with Gasteiger partial charge in [-0.1, -0.05) is 410 Å². The standard InChI is InChI=1S/C108H138N2/c1-11-15-19-23-27-31-33-37-41-45-51-75(49-43-39-35-29-25-21-17-13-3)73-109-93-69-89(77-57-61-79(62-58-77)107(5,6)7)83-55-47-53-81-87-67-65-85-86-66-68-88-82-54-48-56-84-90(78-59-63-80(64-60-78)108(8,9)10)70-94-104(98(82)84)106-96(72-92(100(86)102(88)106)91-71-95(109)105(101(87)99(85)91)103(93)97(81)83)110(94)74-76(50-44-40-36-30-26-22-18-14-4)52-46-42-38-34-32-28-24-20-16-12-2/h47-48,53-72,75-76H,11-46,49-52,73-74H2,1-10H3. The molecular formula is C108H138N2. The Balaban J connectivity index is 0.939. The molecule has 0 amide bonds. The van der Waals surface area contributed by atoms with Crippen LogP contribution in [0.5, 0.6) is 0 Å². The summed E-state index contributed by atoms with van der Waals surface area (Å²) in [6.07, 6.45) is 54.7. The summed E-state index contributed by atoms with van der Waals surface area (Å²) >= 11 is 0. The first-order valence-electron chi connectivity index (χ1n) is 46.1. The van der Waals surface area contributed by atoms with Gasteiger partial charge in [-0.15, -0.1) is 0 Å². The summed E-state index contributed by atoms with van der Waals surface area (Å²) in [6.45, 7) is 25.7. The topological polar surface area (TPSA) is 9.86 Å². The number of rotatable bonds is 46. The summed E-state index contributed by atoms with van der Waals surface area (Å²) in [7, 11) is 0. The Morgan fingerprint density at radius 2 is 0.464 bits per heavy atom. The number of hydrogen-bond acceptors (Lipinski definition) is 0. The van der Waals surface area contributed by atoms with Gasteiger partial charge in [-0.05, 0) is 171 Å². The molecule has 110 heavy (non-hydrogen) atoms. The van der Waals surface area contributed by atoms with Gasteiger partial charge in [-0.3, -0.25) is 0 Å². The van der Waals surface area contributed by atoms with Gasteiger partial charge in [0.05, 0.1) is 22.1 Å². The van der Waals surface area contributed by atoms with Crippen LogP contribution < -0.4 is 0 Å². The molecule has 2 heteroatoms. The summed E-state index contributed by atoms with van der Waals surface area (Å²) in [4.78, 5) is 0. The van der Waals surface area contributed by atoms with Crippen molar-refractivity contribution in [2.75, 3.05) is 0 Å². The van der Waals surface area contributed by atoms with Crippen molar-refractivity contribution in [1.29, 1.82) is 0 Å². The first-order valence-corrected chi connectivity index (χ1v) is 46.1. The fourth-order valence-electron chi connectivity index (χ4n) is 21.2. The van der Waals surface area contributed by atoms with Crippen LogP contribution in [0.4, 0.5) is 0 Å². The Bertz CT molecular complexity index is 5060. The molecule has 0 N–H and O–H groups in total. The predicted octanol–water partition coefficient (Wildman–Crippen LogP) is 35.2. The van der Waals surface area contributed by atoms with Gasteiger partial charge in [0.2, 0.25) is 0 Å².